The van der Waals surface area contributed by atoms with Crippen LogP contribution in [-0.2, 0) is 0 Å². The van der Waals surface area contributed by atoms with Crippen LogP contribution in [0.4, 0.5) is 93.1 Å². The van der Waals surface area contributed by atoms with Gasteiger partial charge in [-0.15, -0.1) is 0 Å². The number of rotatable bonds is 4. The molecule has 8 heterocycles. The van der Waals surface area contributed by atoms with E-state index in [9.17, 15) is 9.59 Å². The Bertz CT molecular complexity index is 4520. The Hall–Kier alpha value is -12.2. The van der Waals surface area contributed by atoms with E-state index in [2.05, 4.69) is 53.0 Å². The van der Waals surface area contributed by atoms with E-state index in [1.165, 1.54) is 0 Å². The summed E-state index contributed by atoms with van der Waals surface area (Å²) in [5, 5.41) is 12.6. The molecule has 0 saturated heterocycles. The van der Waals surface area contributed by atoms with Gasteiger partial charge in [-0.05, 0) is 133 Å². The molecule has 0 saturated carbocycles. The second-order valence-electron chi connectivity index (χ2n) is 20.4. The third-order valence-corrected chi connectivity index (χ3v) is 15.4. The second-order valence-corrected chi connectivity index (χ2v) is 20.4. The smallest absolute Gasteiger partial charge is 0.154 e. The molecule has 32 N–H and O–H groups in total. The van der Waals surface area contributed by atoms with Crippen LogP contribution in [0.25, 0.3) is 98.3 Å². The largest absolute Gasteiger partial charge is 0.384 e. The monoisotopic (exact) mass is 1150 g/mol. The molecule has 0 aliphatic heterocycles. The van der Waals surface area contributed by atoms with Crippen molar-refractivity contribution in [2.45, 2.75) is 41.5 Å². The average Bonchev–Trinajstić information content (AvgIpc) is 0.841. The number of hydrogen-bond acceptors (Lipinski definition) is 26. The lowest BCUT2D eigenvalue weighted by Crippen LogP contribution is -2.08. The molecule has 0 atom stereocenters. The van der Waals surface area contributed by atoms with Crippen molar-refractivity contribution in [3.63, 3.8) is 0 Å². The van der Waals surface area contributed by atoms with Gasteiger partial charge in [-0.3, -0.25) is 9.59 Å². The quantitative estimate of drug-likeness (QED) is 0.0611. The molecule has 0 unspecified atom stereocenters. The summed E-state index contributed by atoms with van der Waals surface area (Å²) in [5.41, 5.74) is 102. The summed E-state index contributed by atoms with van der Waals surface area (Å²) in [5.74, 6) is 4.94. The Morgan fingerprint density at radius 1 is 0.267 bits per heavy atom. The maximum Gasteiger partial charge on any atom is 0.154 e. The van der Waals surface area contributed by atoms with Gasteiger partial charge in [0.15, 0.2) is 12.6 Å². The van der Waals surface area contributed by atoms with Crippen LogP contribution in [0.5, 0.6) is 0 Å². The molecule has 436 valence electrons. The van der Waals surface area contributed by atoms with Crippen LogP contribution >= 0.6 is 0 Å². The van der Waals surface area contributed by atoms with Gasteiger partial charge in [0.2, 0.25) is 0 Å². The van der Waals surface area contributed by atoms with E-state index < -0.39 is 0 Å². The van der Waals surface area contributed by atoms with Gasteiger partial charge < -0.3 is 91.7 Å². The fraction of sp³-hybridized carbons (Fsp3) is 0.100. The van der Waals surface area contributed by atoms with Crippen molar-refractivity contribution in [3.05, 3.63) is 105 Å². The van der Waals surface area contributed by atoms with Crippen molar-refractivity contribution < 1.29 is 9.59 Å². The van der Waals surface area contributed by atoms with Crippen LogP contribution in [-0.4, -0.2) is 52.4 Å². The molecule has 0 spiro atoms. The molecule has 8 aromatic heterocycles. The van der Waals surface area contributed by atoms with Gasteiger partial charge >= 0.3 is 0 Å². The van der Waals surface area contributed by atoms with Gasteiger partial charge in [-0.1, -0.05) is 25.3 Å². The number of carbonyl (C=O) groups excluding carboxylic acids is 2. The van der Waals surface area contributed by atoms with Crippen molar-refractivity contribution in [2.75, 3.05) is 91.7 Å². The summed E-state index contributed by atoms with van der Waals surface area (Å²) in [6.07, 6.45) is 4.61. The molecule has 4 aromatic carbocycles. The first kappa shape index (κ1) is 58.4. The second kappa shape index (κ2) is 21.6. The zero-order valence-electron chi connectivity index (χ0n) is 47.8. The molecule has 0 fully saturated rings. The van der Waals surface area contributed by atoms with E-state index in [4.69, 9.17) is 91.7 Å². The molecule has 12 aromatic rings. The van der Waals surface area contributed by atoms with E-state index >= 15 is 0 Å². The summed E-state index contributed by atoms with van der Waals surface area (Å²) in [4.78, 5) is 56.0. The Kier molecular flexibility index (Phi) is 14.7. The lowest BCUT2D eigenvalue weighted by Gasteiger charge is -2.19. The number of aryl methyl sites for hydroxylation is 6. The molecule has 12 rings (SSSR count). The summed E-state index contributed by atoms with van der Waals surface area (Å²) >= 11 is 0. The number of pyridine rings is 8. The van der Waals surface area contributed by atoms with Crippen LogP contribution in [0.1, 0.15) is 65.2 Å². The summed E-state index contributed by atoms with van der Waals surface area (Å²) < 4.78 is 0. The predicted octanol–water partition coefficient (Wildman–Crippen LogP) is 7.21. The van der Waals surface area contributed by atoms with Gasteiger partial charge in [-0.2, -0.15) is 0 Å². The normalized spacial score (nSPS) is 11.1. The van der Waals surface area contributed by atoms with Crippen LogP contribution < -0.4 is 91.7 Å². The molecule has 26 nitrogen and oxygen atoms in total. The number of nitrogens with zero attached hydrogens (tertiary/aromatic N) is 8. The Balaban J connectivity index is 0.000000138. The van der Waals surface area contributed by atoms with Gasteiger partial charge in [0.05, 0.1) is 11.1 Å². The Labute approximate surface area is 490 Å². The standard InChI is InChI=1S/C18H20N6.C16H16N6O2.C14H16N6.C12H12N6/c1-5-9-11-7(3)14-12(10(6-2)16(20)24-18(14)22)8(4)13(11)17(21)23-15(9)19;1-5-9-7(3-23)13(17)22-16(20)12(9)6(2)10-8(4-24)14(18)21-15(19)11(5)10;1-5-7-3-9(15)20-14(18)12(7)6(2)8-4-10(16)19-13(17)11(5)8;13-9-3-5-1-7-6(2-8(5)12(16)18-9)4-10(14)17-11(7)15/h5-6H,1-2H2,3-4H3,(H4,19,21,23)(H4,20,22,24);3-4H,1-2H3,(H4,18,19,21)(H4,17,20,22);3-4H,1-2H3,(H4,16,17,19)(H4,15,18,20);1-4H,(H4,14,15,17)(H4,13,16,18). The number of hydrogen-bond donors (Lipinski definition) is 16. The number of aldehydes is 2. The molecule has 0 amide bonds. The minimum atomic E-state index is 0.0365. The molecule has 0 radical (unpaired) electrons. The third kappa shape index (κ3) is 9.38. The fourth-order valence-corrected chi connectivity index (χ4v) is 11.7. The van der Waals surface area contributed by atoms with Crippen molar-refractivity contribution in [1.82, 2.24) is 39.9 Å². The zero-order valence-corrected chi connectivity index (χ0v) is 47.8. The SMILES string of the molecule is C=Cc1c(N)nc(N)c2c(C)c3c(C=C)c(N)nc(N)c3c(C)c12.Cc1c2c(N)nc(N)c(C=O)c2c(C)c2c(N)nc(N)c(C=O)c12.Cc1c2cc(N)nc(N)c2c(C)c2cc(N)nc(N)c12.Nc1cc2cc3c(N)nc(N)cc3cc2c(N)n1. The summed E-state index contributed by atoms with van der Waals surface area (Å²) in [7, 11) is 0. The molecule has 86 heavy (non-hydrogen) atoms. The first-order valence-electron chi connectivity index (χ1n) is 26.1. The first-order valence-corrected chi connectivity index (χ1v) is 26.1. The number of benzene rings is 4. The summed E-state index contributed by atoms with van der Waals surface area (Å²) in [6.45, 7) is 19.1. The lowest BCUT2D eigenvalue weighted by atomic mass is 9.89. The Morgan fingerprint density at radius 3 is 0.791 bits per heavy atom. The van der Waals surface area contributed by atoms with E-state index in [1.54, 1.807) is 38.1 Å². The number of nitrogen functional groups attached to an aromatic ring is 16. The number of carbonyl (C=O) groups is 2. The van der Waals surface area contributed by atoms with Crippen molar-refractivity contribution in [2.24, 2.45) is 0 Å². The molecule has 26 heteroatoms. The van der Waals surface area contributed by atoms with Crippen molar-refractivity contribution in [1.29, 1.82) is 0 Å². The topological polar surface area (TPSA) is 554 Å². The first-order chi connectivity index (χ1) is 40.6. The maximum absolute atomic E-state index is 11.5. The maximum atomic E-state index is 11.5. The molecular weight excluding hydrogens is 1090 g/mol. The molecule has 0 aliphatic carbocycles. The van der Waals surface area contributed by atoms with E-state index in [0.29, 0.717) is 115 Å². The zero-order chi connectivity index (χ0) is 63.0. The van der Waals surface area contributed by atoms with Crippen LogP contribution in [0.2, 0.25) is 0 Å². The van der Waals surface area contributed by atoms with Gasteiger partial charge in [0, 0.05) is 75.8 Å². The van der Waals surface area contributed by atoms with E-state index in [1.807, 2.05) is 52.0 Å². The van der Waals surface area contributed by atoms with Gasteiger partial charge in [0.25, 0.3) is 0 Å². The van der Waals surface area contributed by atoms with E-state index in [-0.39, 0.29) is 34.4 Å². The van der Waals surface area contributed by atoms with Gasteiger partial charge in [0.1, 0.15) is 93.1 Å². The number of aromatic nitrogens is 8. The molecule has 0 bridgehead atoms. The van der Waals surface area contributed by atoms with E-state index in [0.717, 1.165) is 98.0 Å². The van der Waals surface area contributed by atoms with Crippen molar-refractivity contribution >= 4 is 204 Å². The molecular formula is C60H64N24O2. The van der Waals surface area contributed by atoms with Gasteiger partial charge in [-0.25, -0.2) is 39.9 Å². The van der Waals surface area contributed by atoms with Crippen molar-refractivity contribution in [3.8, 4) is 0 Å². The number of nitrogens with two attached hydrogens (primary N) is 16. The highest BCUT2D eigenvalue weighted by Gasteiger charge is 2.24. The van der Waals surface area contributed by atoms with Crippen LogP contribution in [0, 0.1) is 41.5 Å². The summed E-state index contributed by atoms with van der Waals surface area (Å²) in [6, 6.07) is 10.9. The highest BCUT2D eigenvalue weighted by molar-refractivity contribution is 6.22. The predicted molar refractivity (Wildman–Crippen MR) is 358 cm³/mol. The number of anilines is 16. The highest BCUT2D eigenvalue weighted by Crippen LogP contribution is 2.45. The molecule has 0 aliphatic rings. The highest BCUT2D eigenvalue weighted by atomic mass is 16.1. The van der Waals surface area contributed by atoms with Crippen LogP contribution in [0.15, 0.2) is 49.6 Å². The average molecular weight is 1150 g/mol. The Morgan fingerprint density at radius 2 is 0.512 bits per heavy atom. The lowest BCUT2D eigenvalue weighted by molar-refractivity contribution is 0.111. The van der Waals surface area contributed by atoms with Crippen LogP contribution in [0.3, 0.4) is 0 Å². The number of fused-ring (bicyclic) bond motifs is 8. The fourth-order valence-electron chi connectivity index (χ4n) is 11.7. The third-order valence-electron chi connectivity index (χ3n) is 15.4. The minimum Gasteiger partial charge on any atom is -0.384 e. The minimum absolute atomic E-state index is 0.0365.